The van der Waals surface area contributed by atoms with Crippen molar-refractivity contribution in [2.75, 3.05) is 47.3 Å². The van der Waals surface area contributed by atoms with Gasteiger partial charge in [-0.3, -0.25) is 4.90 Å². The van der Waals surface area contributed by atoms with Gasteiger partial charge in [0.05, 0.1) is 44.1 Å². The molecule has 5 rings (SSSR count). The summed E-state index contributed by atoms with van der Waals surface area (Å²) in [6, 6.07) is 1.67. The largest absolute Gasteiger partial charge is 0.492 e. The number of carbonyl (C=O) groups excluding carboxylic acids is 1. The van der Waals surface area contributed by atoms with E-state index in [0.717, 1.165) is 24.1 Å². The first-order chi connectivity index (χ1) is 17.5. The highest BCUT2D eigenvalue weighted by atomic mass is 16.7. The van der Waals surface area contributed by atoms with Crippen LogP contribution in [0.2, 0.25) is 0 Å². The molecule has 2 atom stereocenters. The van der Waals surface area contributed by atoms with Crippen molar-refractivity contribution in [1.29, 1.82) is 0 Å². The highest BCUT2D eigenvalue weighted by Gasteiger charge is 2.48. The van der Waals surface area contributed by atoms with E-state index in [1.54, 1.807) is 7.11 Å². The third-order valence-corrected chi connectivity index (χ3v) is 6.97. The van der Waals surface area contributed by atoms with Gasteiger partial charge in [-0.2, -0.15) is 0 Å². The molecule has 0 saturated heterocycles. The molecule has 0 amide bonds. The molecule has 3 aliphatic heterocycles. The summed E-state index contributed by atoms with van der Waals surface area (Å²) in [6.45, 7) is 9.71. The fourth-order valence-corrected chi connectivity index (χ4v) is 5.55. The zero-order chi connectivity index (χ0) is 25.6. The molecule has 0 aliphatic carbocycles. The number of benzene rings is 2. The van der Waals surface area contributed by atoms with E-state index in [0.29, 0.717) is 71.0 Å². The van der Waals surface area contributed by atoms with Gasteiger partial charge in [0.1, 0.15) is 0 Å². The molecule has 0 bridgehead atoms. The smallest absolute Gasteiger partial charge is 0.339 e. The van der Waals surface area contributed by atoms with E-state index < -0.39 is 12.1 Å². The Kier molecular flexibility index (Phi) is 6.51. The molecule has 0 N–H and O–H groups in total. The van der Waals surface area contributed by atoms with Crippen LogP contribution in [0.25, 0.3) is 0 Å². The SMILES string of the molecule is CCOc1c(C)c2c(c(OCC)c1OCC)C(C1c3c(cc4c(c3OC)OCO4)CCN1C)OC2=O. The molecule has 0 saturated carbocycles. The minimum atomic E-state index is -0.652. The Labute approximate surface area is 211 Å². The first-order valence-electron chi connectivity index (χ1n) is 12.5. The number of esters is 1. The van der Waals surface area contributed by atoms with Crippen LogP contribution in [0.1, 0.15) is 65.5 Å². The van der Waals surface area contributed by atoms with Gasteiger partial charge in [-0.1, -0.05) is 0 Å². The predicted molar refractivity (Wildman–Crippen MR) is 131 cm³/mol. The summed E-state index contributed by atoms with van der Waals surface area (Å²) in [6.07, 6.45) is 0.147. The maximum Gasteiger partial charge on any atom is 0.339 e. The molecule has 0 aromatic heterocycles. The molecule has 2 unspecified atom stereocenters. The summed E-state index contributed by atoms with van der Waals surface area (Å²) >= 11 is 0. The molecule has 3 aliphatic rings. The van der Waals surface area contributed by atoms with E-state index in [-0.39, 0.29) is 12.8 Å². The second kappa shape index (κ2) is 9.61. The molecule has 2 aromatic carbocycles. The summed E-state index contributed by atoms with van der Waals surface area (Å²) in [5, 5.41) is 0. The van der Waals surface area contributed by atoms with Crippen molar-refractivity contribution in [2.45, 2.75) is 46.3 Å². The topological polar surface area (TPSA) is 84.9 Å². The van der Waals surface area contributed by atoms with Crippen molar-refractivity contribution in [1.82, 2.24) is 4.90 Å². The quantitative estimate of drug-likeness (QED) is 0.492. The van der Waals surface area contributed by atoms with Crippen molar-refractivity contribution in [2.24, 2.45) is 0 Å². The van der Waals surface area contributed by atoms with Gasteiger partial charge in [-0.05, 0) is 52.8 Å². The Morgan fingerprint density at radius 3 is 2.36 bits per heavy atom. The first-order valence-corrected chi connectivity index (χ1v) is 12.5. The van der Waals surface area contributed by atoms with Crippen LogP contribution in [0.15, 0.2) is 6.07 Å². The lowest BCUT2D eigenvalue weighted by Crippen LogP contribution is -2.36. The molecule has 0 radical (unpaired) electrons. The Bertz CT molecular complexity index is 1190. The average Bonchev–Trinajstić information content (AvgIpc) is 3.46. The predicted octanol–water partition coefficient (Wildman–Crippen LogP) is 4.37. The fourth-order valence-electron chi connectivity index (χ4n) is 5.55. The van der Waals surface area contributed by atoms with Gasteiger partial charge in [0.2, 0.25) is 18.3 Å². The third-order valence-electron chi connectivity index (χ3n) is 6.97. The van der Waals surface area contributed by atoms with E-state index in [9.17, 15) is 4.79 Å². The van der Waals surface area contributed by atoms with Gasteiger partial charge in [0, 0.05) is 17.7 Å². The molecule has 0 spiro atoms. The van der Waals surface area contributed by atoms with E-state index in [2.05, 4.69) is 4.90 Å². The molecule has 0 fully saturated rings. The fraction of sp³-hybridized carbons (Fsp3) is 0.519. The maximum atomic E-state index is 13.4. The number of hydrogen-bond donors (Lipinski definition) is 0. The van der Waals surface area contributed by atoms with Gasteiger partial charge in [0.15, 0.2) is 29.1 Å². The van der Waals surface area contributed by atoms with E-state index in [1.165, 1.54) is 0 Å². The lowest BCUT2D eigenvalue weighted by atomic mass is 9.84. The first kappa shape index (κ1) is 24.4. The van der Waals surface area contributed by atoms with Crippen molar-refractivity contribution in [3.05, 3.63) is 33.9 Å². The molecule has 9 nitrogen and oxygen atoms in total. The molecular formula is C27H33NO8. The molecule has 194 valence electrons. The molecular weight excluding hydrogens is 466 g/mol. The highest BCUT2D eigenvalue weighted by Crippen LogP contribution is 2.58. The van der Waals surface area contributed by atoms with Crippen LogP contribution in [0.3, 0.4) is 0 Å². The van der Waals surface area contributed by atoms with Crippen LogP contribution in [-0.4, -0.2) is 58.2 Å². The van der Waals surface area contributed by atoms with Crippen LogP contribution in [0, 0.1) is 6.92 Å². The average molecular weight is 500 g/mol. The van der Waals surface area contributed by atoms with Crippen LogP contribution >= 0.6 is 0 Å². The number of rotatable bonds is 8. The second-order valence-corrected chi connectivity index (χ2v) is 8.92. The second-order valence-electron chi connectivity index (χ2n) is 8.92. The number of methoxy groups -OCH3 is 1. The lowest BCUT2D eigenvalue weighted by molar-refractivity contribution is 0.00812. The van der Waals surface area contributed by atoms with E-state index in [4.69, 9.17) is 33.2 Å². The van der Waals surface area contributed by atoms with Crippen molar-refractivity contribution < 1.29 is 38.0 Å². The molecule has 3 heterocycles. The zero-order valence-corrected chi connectivity index (χ0v) is 21.7. The summed E-state index contributed by atoms with van der Waals surface area (Å²) < 4.78 is 41.6. The normalized spacial score (nSPS) is 20.0. The number of cyclic esters (lactones) is 1. The number of nitrogens with zero attached hydrogens (tertiary/aromatic N) is 1. The highest BCUT2D eigenvalue weighted by molar-refractivity contribution is 5.98. The van der Waals surface area contributed by atoms with Crippen LogP contribution in [-0.2, 0) is 11.2 Å². The third kappa shape index (κ3) is 3.59. The zero-order valence-electron chi connectivity index (χ0n) is 21.7. The Morgan fingerprint density at radius 1 is 0.972 bits per heavy atom. The Hall–Kier alpha value is -3.33. The van der Waals surface area contributed by atoms with Gasteiger partial charge < -0.3 is 33.2 Å². The van der Waals surface area contributed by atoms with Crippen molar-refractivity contribution >= 4 is 5.97 Å². The summed E-state index contributed by atoms with van der Waals surface area (Å²) in [4.78, 5) is 15.6. The summed E-state index contributed by atoms with van der Waals surface area (Å²) in [5.41, 5.74) is 3.83. The summed E-state index contributed by atoms with van der Waals surface area (Å²) in [5.74, 6) is 2.94. The number of hydrogen-bond acceptors (Lipinski definition) is 9. The minimum Gasteiger partial charge on any atom is -0.492 e. The van der Waals surface area contributed by atoms with Gasteiger partial charge in [0.25, 0.3) is 0 Å². The number of carbonyl (C=O) groups is 1. The van der Waals surface area contributed by atoms with E-state index >= 15 is 0 Å². The summed E-state index contributed by atoms with van der Waals surface area (Å²) in [7, 11) is 3.64. The number of likely N-dealkylation sites (N-methyl/N-ethyl adjacent to an activating group) is 1. The van der Waals surface area contributed by atoms with Crippen molar-refractivity contribution in [3.63, 3.8) is 0 Å². The number of fused-ring (bicyclic) bond motifs is 3. The maximum absolute atomic E-state index is 13.4. The Balaban J connectivity index is 1.76. The lowest BCUT2D eigenvalue weighted by Gasteiger charge is -2.38. The molecule has 36 heavy (non-hydrogen) atoms. The van der Waals surface area contributed by atoms with E-state index in [1.807, 2.05) is 40.8 Å². The van der Waals surface area contributed by atoms with Crippen molar-refractivity contribution in [3.8, 4) is 34.5 Å². The number of ether oxygens (including phenoxy) is 7. The van der Waals surface area contributed by atoms with Gasteiger partial charge >= 0.3 is 5.97 Å². The molecule has 9 heteroatoms. The van der Waals surface area contributed by atoms with Crippen LogP contribution in [0.5, 0.6) is 34.5 Å². The minimum absolute atomic E-state index is 0.141. The van der Waals surface area contributed by atoms with Gasteiger partial charge in [-0.15, -0.1) is 0 Å². The monoisotopic (exact) mass is 499 g/mol. The van der Waals surface area contributed by atoms with Crippen LogP contribution in [0.4, 0.5) is 0 Å². The molecule has 2 aromatic rings. The van der Waals surface area contributed by atoms with Crippen LogP contribution < -0.4 is 28.4 Å². The van der Waals surface area contributed by atoms with Gasteiger partial charge in [-0.25, -0.2) is 4.79 Å². The Morgan fingerprint density at radius 2 is 1.67 bits per heavy atom. The standard InChI is InChI=1S/C27H33NO8/c1-7-31-21-14(4)17-19(25(32-8-2)26(21)33-9-3)23(36-27(17)29)20-18-15(10-11-28(20)5)12-16-22(24(18)30-6)35-13-34-16/h12,20,23H,7-11,13H2,1-6H3.